The van der Waals surface area contributed by atoms with Gasteiger partial charge in [0.05, 0.1) is 0 Å². The first-order valence-corrected chi connectivity index (χ1v) is 6.83. The van der Waals surface area contributed by atoms with Gasteiger partial charge in [0.1, 0.15) is 0 Å². The van der Waals surface area contributed by atoms with E-state index in [9.17, 15) is 0 Å². The Morgan fingerprint density at radius 3 is 1.94 bits per heavy atom. The van der Waals surface area contributed by atoms with Crippen molar-refractivity contribution in [3.05, 3.63) is 29.8 Å². The van der Waals surface area contributed by atoms with Crippen molar-refractivity contribution < 1.29 is 0 Å². The summed E-state index contributed by atoms with van der Waals surface area (Å²) in [6, 6.07) is 8.92. The molecule has 0 saturated heterocycles. The zero-order valence-corrected chi connectivity index (χ0v) is 11.4. The highest BCUT2D eigenvalue weighted by Gasteiger charge is 2.06. The predicted octanol–water partition coefficient (Wildman–Crippen LogP) is 3.72. The molecule has 0 bridgehead atoms. The third-order valence-electron chi connectivity index (χ3n) is 3.11. The minimum atomic E-state index is 0.176. The molecule has 0 spiro atoms. The number of benzene rings is 1. The first-order chi connectivity index (χ1) is 8.22. The second-order valence-electron chi connectivity index (χ2n) is 4.59. The summed E-state index contributed by atoms with van der Waals surface area (Å²) in [5, 5.41) is 0. The summed E-state index contributed by atoms with van der Waals surface area (Å²) in [4.78, 5) is 2.45. The van der Waals surface area contributed by atoms with Gasteiger partial charge in [0.25, 0.3) is 0 Å². The van der Waals surface area contributed by atoms with Gasteiger partial charge < -0.3 is 10.6 Å². The van der Waals surface area contributed by atoms with Gasteiger partial charge in [-0.15, -0.1) is 0 Å². The fourth-order valence-electron chi connectivity index (χ4n) is 2.08. The lowest BCUT2D eigenvalue weighted by Crippen LogP contribution is -2.24. The van der Waals surface area contributed by atoms with Gasteiger partial charge in [-0.1, -0.05) is 32.9 Å². The molecule has 2 heteroatoms. The van der Waals surface area contributed by atoms with Crippen LogP contribution in [0.15, 0.2) is 24.3 Å². The molecule has 0 amide bonds. The quantitative estimate of drug-likeness (QED) is 0.779. The van der Waals surface area contributed by atoms with Crippen molar-refractivity contribution in [2.45, 2.75) is 46.1 Å². The molecular weight excluding hydrogens is 208 g/mol. The summed E-state index contributed by atoms with van der Waals surface area (Å²) in [5.74, 6) is 0. The van der Waals surface area contributed by atoms with E-state index in [1.54, 1.807) is 0 Å². The van der Waals surface area contributed by atoms with Crippen LogP contribution in [-0.4, -0.2) is 13.1 Å². The van der Waals surface area contributed by atoms with Crippen LogP contribution in [0.2, 0.25) is 0 Å². The summed E-state index contributed by atoms with van der Waals surface area (Å²) in [6.07, 6.45) is 3.37. The lowest BCUT2D eigenvalue weighted by Gasteiger charge is -2.24. The fourth-order valence-corrected chi connectivity index (χ4v) is 2.08. The molecule has 0 saturated carbocycles. The summed E-state index contributed by atoms with van der Waals surface area (Å²) in [6.45, 7) is 8.84. The zero-order valence-electron chi connectivity index (χ0n) is 11.4. The molecule has 96 valence electrons. The van der Waals surface area contributed by atoms with E-state index < -0.39 is 0 Å². The molecule has 1 aromatic carbocycles. The average Bonchev–Trinajstić information content (AvgIpc) is 2.38. The summed E-state index contributed by atoms with van der Waals surface area (Å²) in [5.41, 5.74) is 8.58. The Morgan fingerprint density at radius 1 is 1.00 bits per heavy atom. The second kappa shape index (κ2) is 7.33. The minimum Gasteiger partial charge on any atom is -0.372 e. The molecule has 1 atom stereocenters. The monoisotopic (exact) mass is 234 g/mol. The van der Waals surface area contributed by atoms with Gasteiger partial charge in [0.15, 0.2) is 0 Å². The van der Waals surface area contributed by atoms with Crippen LogP contribution in [0.3, 0.4) is 0 Å². The average molecular weight is 234 g/mol. The van der Waals surface area contributed by atoms with Gasteiger partial charge in [0.2, 0.25) is 0 Å². The maximum atomic E-state index is 6.02. The highest BCUT2D eigenvalue weighted by Crippen LogP contribution is 2.20. The summed E-state index contributed by atoms with van der Waals surface area (Å²) in [7, 11) is 0. The van der Waals surface area contributed by atoms with Crippen LogP contribution in [0.5, 0.6) is 0 Å². The Morgan fingerprint density at radius 2 is 1.53 bits per heavy atom. The number of hydrogen-bond donors (Lipinski definition) is 1. The molecule has 0 radical (unpaired) electrons. The third kappa shape index (κ3) is 4.04. The molecule has 1 rings (SSSR count). The van der Waals surface area contributed by atoms with E-state index in [4.69, 9.17) is 5.73 Å². The molecule has 0 unspecified atom stereocenters. The van der Waals surface area contributed by atoms with Crippen molar-refractivity contribution in [1.29, 1.82) is 0 Å². The van der Waals surface area contributed by atoms with Crippen molar-refractivity contribution in [1.82, 2.24) is 0 Å². The first kappa shape index (κ1) is 14.0. The van der Waals surface area contributed by atoms with Crippen LogP contribution in [0.1, 0.15) is 51.6 Å². The molecule has 0 heterocycles. The van der Waals surface area contributed by atoms with Gasteiger partial charge in [-0.3, -0.25) is 0 Å². The van der Waals surface area contributed by atoms with Crippen molar-refractivity contribution in [2.75, 3.05) is 18.0 Å². The van der Waals surface area contributed by atoms with Gasteiger partial charge >= 0.3 is 0 Å². The van der Waals surface area contributed by atoms with Gasteiger partial charge in [-0.05, 0) is 37.0 Å². The lowest BCUT2D eigenvalue weighted by atomic mass is 10.0. The van der Waals surface area contributed by atoms with E-state index in [1.165, 1.54) is 24.1 Å². The maximum absolute atomic E-state index is 6.02. The number of rotatable bonds is 7. The number of hydrogen-bond acceptors (Lipinski definition) is 2. The Bertz CT molecular complexity index is 299. The number of anilines is 1. The van der Waals surface area contributed by atoms with E-state index in [-0.39, 0.29) is 6.04 Å². The lowest BCUT2D eigenvalue weighted by molar-refractivity contribution is 0.697. The molecule has 0 aliphatic carbocycles. The van der Waals surface area contributed by atoms with Crippen molar-refractivity contribution in [2.24, 2.45) is 5.73 Å². The summed E-state index contributed by atoms with van der Waals surface area (Å²) >= 11 is 0. The Hall–Kier alpha value is -1.02. The third-order valence-corrected chi connectivity index (χ3v) is 3.11. The normalized spacial score (nSPS) is 12.5. The molecule has 0 fully saturated rings. The molecule has 2 nitrogen and oxygen atoms in total. The van der Waals surface area contributed by atoms with Crippen molar-refractivity contribution in [3.8, 4) is 0 Å². The molecule has 0 aromatic heterocycles. The molecule has 17 heavy (non-hydrogen) atoms. The fraction of sp³-hybridized carbons (Fsp3) is 0.600. The Labute approximate surface area is 106 Å². The Kier molecular flexibility index (Phi) is 6.06. The second-order valence-corrected chi connectivity index (χ2v) is 4.59. The van der Waals surface area contributed by atoms with E-state index in [2.05, 4.69) is 49.9 Å². The van der Waals surface area contributed by atoms with Crippen LogP contribution in [0.25, 0.3) is 0 Å². The smallest absolute Gasteiger partial charge is 0.0366 e. The molecular formula is C15H26N2. The van der Waals surface area contributed by atoms with Crippen LogP contribution >= 0.6 is 0 Å². The predicted molar refractivity (Wildman–Crippen MR) is 76.5 cm³/mol. The standard InChI is InChI=1S/C15H26N2/c1-4-11-17(12-5-2)14-9-7-13(8-10-14)15(16)6-3/h7-10,15H,4-6,11-12,16H2,1-3H3/t15-/m0/s1. The highest BCUT2D eigenvalue weighted by atomic mass is 15.1. The number of nitrogens with two attached hydrogens (primary N) is 1. The van der Waals surface area contributed by atoms with Gasteiger partial charge in [-0.2, -0.15) is 0 Å². The van der Waals surface area contributed by atoms with Gasteiger partial charge in [-0.25, -0.2) is 0 Å². The SMILES string of the molecule is CCCN(CCC)c1ccc([C@@H](N)CC)cc1. The van der Waals surface area contributed by atoms with Crippen LogP contribution in [-0.2, 0) is 0 Å². The zero-order chi connectivity index (χ0) is 12.7. The van der Waals surface area contributed by atoms with Crippen molar-refractivity contribution in [3.63, 3.8) is 0 Å². The largest absolute Gasteiger partial charge is 0.372 e. The first-order valence-electron chi connectivity index (χ1n) is 6.83. The minimum absolute atomic E-state index is 0.176. The topological polar surface area (TPSA) is 29.3 Å². The van der Waals surface area contributed by atoms with Crippen molar-refractivity contribution >= 4 is 5.69 Å². The molecule has 0 aliphatic rings. The van der Waals surface area contributed by atoms with Gasteiger partial charge in [0, 0.05) is 24.8 Å². The molecule has 0 aliphatic heterocycles. The summed E-state index contributed by atoms with van der Waals surface area (Å²) < 4.78 is 0. The molecule has 2 N–H and O–H groups in total. The van der Waals surface area contributed by atoms with Crippen LogP contribution in [0.4, 0.5) is 5.69 Å². The highest BCUT2D eigenvalue weighted by molar-refractivity contribution is 5.48. The number of nitrogens with zero attached hydrogens (tertiary/aromatic N) is 1. The van der Waals surface area contributed by atoms with Crippen LogP contribution in [0, 0.1) is 0 Å². The molecule has 1 aromatic rings. The Balaban J connectivity index is 2.76. The maximum Gasteiger partial charge on any atom is 0.0366 e. The van der Waals surface area contributed by atoms with Crippen LogP contribution < -0.4 is 10.6 Å². The van der Waals surface area contributed by atoms with E-state index in [0.29, 0.717) is 0 Å². The van der Waals surface area contributed by atoms with E-state index in [0.717, 1.165) is 19.5 Å². The van der Waals surface area contributed by atoms with E-state index in [1.807, 2.05) is 0 Å². The van der Waals surface area contributed by atoms with E-state index >= 15 is 0 Å².